The molecule has 12 aromatic rings. The van der Waals surface area contributed by atoms with Crippen molar-refractivity contribution in [1.82, 2.24) is 0 Å². The van der Waals surface area contributed by atoms with Crippen molar-refractivity contribution in [3.8, 4) is 55.6 Å². The van der Waals surface area contributed by atoms with Gasteiger partial charge in [-0.25, -0.2) is 0 Å². The molecule has 0 spiro atoms. The van der Waals surface area contributed by atoms with Gasteiger partial charge in [0.25, 0.3) is 6.71 Å². The summed E-state index contributed by atoms with van der Waals surface area (Å²) >= 11 is 0. The smallest absolute Gasteiger partial charge is 0.252 e. The van der Waals surface area contributed by atoms with Crippen LogP contribution in [0.15, 0.2) is 297 Å². The number of anilines is 6. The lowest BCUT2D eigenvalue weighted by Gasteiger charge is -2.45. The van der Waals surface area contributed by atoms with Crippen molar-refractivity contribution in [2.24, 2.45) is 0 Å². The fourth-order valence-electron chi connectivity index (χ4n) is 12.8. The Kier molecular flexibility index (Phi) is 12.4. The first kappa shape index (κ1) is 49.6. The lowest BCUT2D eigenvalue weighted by molar-refractivity contribution is 0.641. The summed E-state index contributed by atoms with van der Waals surface area (Å²) in [6, 6.07) is 111. The molecule has 2 aliphatic heterocycles. The molecule has 0 N–H and O–H groups in total. The molecule has 0 radical (unpaired) electrons. The van der Waals surface area contributed by atoms with Gasteiger partial charge in [0, 0.05) is 45.0 Å². The number of hydrogen-bond donors (Lipinski definition) is 0. The van der Waals surface area contributed by atoms with Crippen LogP contribution in [0.4, 0.5) is 34.1 Å². The monoisotopic (exact) mass is 1040 g/mol. The standard InChI is InChI=1S/C78H61BN2/c1-77(2,64-36-22-10-23-37-64)66-40-42-72-70(52-66)79-71-53-67(78(3,4)65-38-24-11-25-39-65)41-43-73(71)81(69-48-61(56-30-16-7-17-31-56)45-62(49-69)57-32-18-8-19-33-57)75-51-63(58-34-20-9-21-35-58)50-74(76(75)79)80(72)68-46-59(54-26-12-5-13-27-54)44-60(47-68)55-28-14-6-15-29-55/h5-53H,1-4H3. The number of nitrogens with zero attached hydrogens (tertiary/aromatic N) is 2. The predicted molar refractivity (Wildman–Crippen MR) is 345 cm³/mol. The van der Waals surface area contributed by atoms with E-state index >= 15 is 0 Å². The van der Waals surface area contributed by atoms with E-state index in [-0.39, 0.29) is 17.5 Å². The largest absolute Gasteiger partial charge is 0.311 e. The summed E-state index contributed by atoms with van der Waals surface area (Å²) in [6.45, 7) is 9.38. The zero-order chi connectivity index (χ0) is 54.7. The second kappa shape index (κ2) is 20.2. The van der Waals surface area contributed by atoms with Gasteiger partial charge in [-0.05, 0) is 155 Å². The average molecular weight is 1040 g/mol. The van der Waals surface area contributed by atoms with E-state index in [2.05, 4.69) is 335 Å². The van der Waals surface area contributed by atoms with E-state index in [9.17, 15) is 0 Å². The third-order valence-electron chi connectivity index (χ3n) is 17.4. The minimum Gasteiger partial charge on any atom is -0.311 e. The molecule has 0 fully saturated rings. The first-order chi connectivity index (χ1) is 39.7. The Morgan fingerprint density at radius 3 is 0.802 bits per heavy atom. The molecule has 14 rings (SSSR count). The number of fused-ring (bicyclic) bond motifs is 4. The van der Waals surface area contributed by atoms with Crippen LogP contribution in [0.25, 0.3) is 55.6 Å². The highest BCUT2D eigenvalue weighted by atomic mass is 15.2. The third-order valence-corrected chi connectivity index (χ3v) is 17.4. The molecule has 2 nitrogen and oxygen atoms in total. The van der Waals surface area contributed by atoms with Crippen LogP contribution in [0.1, 0.15) is 49.9 Å². The van der Waals surface area contributed by atoms with Crippen LogP contribution in [-0.4, -0.2) is 6.71 Å². The molecular formula is C78H61BN2. The van der Waals surface area contributed by atoms with Gasteiger partial charge < -0.3 is 9.80 Å². The van der Waals surface area contributed by atoms with Gasteiger partial charge in [-0.2, -0.15) is 0 Å². The van der Waals surface area contributed by atoms with Crippen molar-refractivity contribution < 1.29 is 0 Å². The maximum atomic E-state index is 2.60. The van der Waals surface area contributed by atoms with Crippen LogP contribution in [0.2, 0.25) is 0 Å². The minimum absolute atomic E-state index is 0.146. The van der Waals surface area contributed by atoms with E-state index in [1.54, 1.807) is 0 Å². The lowest BCUT2D eigenvalue weighted by atomic mass is 9.33. The summed E-state index contributed by atoms with van der Waals surface area (Å²) in [5.41, 5.74) is 26.9. The topological polar surface area (TPSA) is 6.48 Å². The van der Waals surface area contributed by atoms with Crippen LogP contribution in [0.3, 0.4) is 0 Å². The zero-order valence-electron chi connectivity index (χ0n) is 46.3. The van der Waals surface area contributed by atoms with Crippen molar-refractivity contribution in [3.05, 3.63) is 320 Å². The first-order valence-corrected chi connectivity index (χ1v) is 28.4. The number of rotatable bonds is 11. The van der Waals surface area contributed by atoms with Crippen LogP contribution < -0.4 is 26.2 Å². The Bertz CT molecular complexity index is 3880. The molecule has 0 unspecified atom stereocenters. The molecule has 81 heavy (non-hydrogen) atoms. The fourth-order valence-corrected chi connectivity index (χ4v) is 12.8. The molecule has 0 saturated heterocycles. The Hall–Kier alpha value is -9.70. The summed E-state index contributed by atoms with van der Waals surface area (Å²) in [5, 5.41) is 0. The molecule has 3 heteroatoms. The third kappa shape index (κ3) is 8.87. The minimum atomic E-state index is -0.304. The Labute approximate surface area is 478 Å². The van der Waals surface area contributed by atoms with Gasteiger partial charge in [-0.1, -0.05) is 264 Å². The van der Waals surface area contributed by atoms with Crippen LogP contribution in [-0.2, 0) is 10.8 Å². The van der Waals surface area contributed by atoms with Crippen molar-refractivity contribution in [3.63, 3.8) is 0 Å². The molecule has 0 saturated carbocycles. The number of hydrogen-bond acceptors (Lipinski definition) is 2. The van der Waals surface area contributed by atoms with E-state index in [1.165, 1.54) is 72.3 Å². The van der Waals surface area contributed by atoms with Gasteiger partial charge in [0.1, 0.15) is 0 Å². The summed E-state index contributed by atoms with van der Waals surface area (Å²) in [5.74, 6) is 0. The van der Waals surface area contributed by atoms with Crippen LogP contribution in [0.5, 0.6) is 0 Å². The first-order valence-electron chi connectivity index (χ1n) is 28.4. The quantitative estimate of drug-likeness (QED) is 0.119. The Morgan fingerprint density at radius 2 is 0.506 bits per heavy atom. The van der Waals surface area contributed by atoms with E-state index in [0.717, 1.165) is 56.1 Å². The number of benzene rings is 12. The molecule has 0 aliphatic carbocycles. The molecule has 2 aliphatic rings. The molecule has 0 atom stereocenters. The van der Waals surface area contributed by atoms with Gasteiger partial charge in [0.15, 0.2) is 0 Å². The van der Waals surface area contributed by atoms with Gasteiger partial charge >= 0.3 is 0 Å². The van der Waals surface area contributed by atoms with Crippen LogP contribution >= 0.6 is 0 Å². The second-order valence-corrected chi connectivity index (χ2v) is 22.9. The van der Waals surface area contributed by atoms with Gasteiger partial charge in [-0.3, -0.25) is 0 Å². The molecule has 386 valence electrons. The second-order valence-electron chi connectivity index (χ2n) is 22.9. The molecule has 12 aromatic carbocycles. The Morgan fingerprint density at radius 1 is 0.235 bits per heavy atom. The maximum Gasteiger partial charge on any atom is 0.252 e. The van der Waals surface area contributed by atoms with Crippen molar-refractivity contribution in [1.29, 1.82) is 0 Å². The lowest BCUT2D eigenvalue weighted by Crippen LogP contribution is -2.61. The van der Waals surface area contributed by atoms with E-state index in [1.807, 2.05) is 0 Å². The molecule has 0 amide bonds. The zero-order valence-corrected chi connectivity index (χ0v) is 46.3. The van der Waals surface area contributed by atoms with E-state index in [0.29, 0.717) is 0 Å². The van der Waals surface area contributed by atoms with Crippen molar-refractivity contribution >= 4 is 57.2 Å². The average Bonchev–Trinajstić information content (AvgIpc) is 3.72. The van der Waals surface area contributed by atoms with Crippen LogP contribution in [0, 0.1) is 0 Å². The maximum absolute atomic E-state index is 2.60. The SMILES string of the molecule is CC(C)(c1ccccc1)c1ccc2c(c1)B1c3cc(C(C)(C)c4ccccc4)ccc3N(c3cc(-c4ccccc4)cc(-c4ccccc4)c3)c3cc(-c4ccccc4)cc(c31)N2c1cc(-c2ccccc2)cc(-c2ccccc2)c1. The summed E-state index contributed by atoms with van der Waals surface area (Å²) in [4.78, 5) is 5.21. The normalized spacial score (nSPS) is 12.6. The van der Waals surface area contributed by atoms with E-state index in [4.69, 9.17) is 0 Å². The van der Waals surface area contributed by atoms with Gasteiger partial charge in [-0.15, -0.1) is 0 Å². The van der Waals surface area contributed by atoms with Gasteiger partial charge in [0.2, 0.25) is 0 Å². The summed E-state index contributed by atoms with van der Waals surface area (Å²) in [6.07, 6.45) is 0. The Balaban J connectivity index is 1.12. The molecule has 0 aromatic heterocycles. The van der Waals surface area contributed by atoms with Crippen molar-refractivity contribution in [2.75, 3.05) is 9.80 Å². The summed E-state index contributed by atoms with van der Waals surface area (Å²) < 4.78 is 0. The molecular weight excluding hydrogens is 976 g/mol. The molecule has 0 bridgehead atoms. The predicted octanol–water partition coefficient (Wildman–Crippen LogP) is 18.8. The molecule has 2 heterocycles. The highest BCUT2D eigenvalue weighted by Crippen LogP contribution is 2.50. The van der Waals surface area contributed by atoms with E-state index < -0.39 is 0 Å². The summed E-state index contributed by atoms with van der Waals surface area (Å²) in [7, 11) is 0. The van der Waals surface area contributed by atoms with Gasteiger partial charge in [0.05, 0.1) is 0 Å². The fraction of sp³-hybridized carbons (Fsp3) is 0.0769. The highest BCUT2D eigenvalue weighted by Gasteiger charge is 2.45. The van der Waals surface area contributed by atoms with Crippen molar-refractivity contribution in [2.45, 2.75) is 38.5 Å². The highest BCUT2D eigenvalue weighted by molar-refractivity contribution is 7.00.